The highest BCUT2D eigenvalue weighted by atomic mass is 32.2. The molecule has 0 spiro atoms. The number of aromatic nitrogens is 1. The summed E-state index contributed by atoms with van der Waals surface area (Å²) in [7, 11) is -3.70. The zero-order chi connectivity index (χ0) is 28.2. The van der Waals surface area contributed by atoms with E-state index in [1.165, 1.54) is 27.8 Å². The number of amides is 1. The van der Waals surface area contributed by atoms with Gasteiger partial charge in [-0.3, -0.25) is 9.69 Å². The van der Waals surface area contributed by atoms with Crippen molar-refractivity contribution in [3.63, 3.8) is 0 Å². The van der Waals surface area contributed by atoms with Crippen LogP contribution >= 0.6 is 11.3 Å². The van der Waals surface area contributed by atoms with Crippen LogP contribution in [-0.4, -0.2) is 86.6 Å². The molecule has 0 N–H and O–H groups in total. The summed E-state index contributed by atoms with van der Waals surface area (Å²) in [5.41, 5.74) is 1.21. The SMILES string of the molecule is CCOc1ccc2nc(N(CCN(CC)CC)C(=O)c3ccc(S(=O)(=O)N4CC(C)OC(C)C4)cc3)sc2c1. The van der Waals surface area contributed by atoms with Crippen molar-refractivity contribution < 1.29 is 22.7 Å². The van der Waals surface area contributed by atoms with Gasteiger partial charge in [-0.2, -0.15) is 4.31 Å². The molecule has 2 heterocycles. The lowest BCUT2D eigenvalue weighted by Gasteiger charge is -2.34. The number of morpholine rings is 1. The van der Waals surface area contributed by atoms with Crippen LogP contribution in [0.5, 0.6) is 5.75 Å². The fourth-order valence-corrected chi connectivity index (χ4v) is 7.34. The molecule has 1 aromatic heterocycles. The molecule has 11 heteroatoms. The monoisotopic (exact) mass is 574 g/mol. The van der Waals surface area contributed by atoms with Crippen LogP contribution in [-0.2, 0) is 14.8 Å². The Balaban J connectivity index is 1.61. The third-order valence-corrected chi connectivity index (χ3v) is 9.68. The summed E-state index contributed by atoms with van der Waals surface area (Å²) in [6.07, 6.45) is -0.357. The highest BCUT2D eigenvalue weighted by molar-refractivity contribution is 7.89. The zero-order valence-corrected chi connectivity index (χ0v) is 24.9. The summed E-state index contributed by atoms with van der Waals surface area (Å²) < 4.78 is 40.3. The minimum Gasteiger partial charge on any atom is -0.494 e. The molecule has 9 nitrogen and oxygen atoms in total. The molecule has 1 aliphatic rings. The molecule has 212 valence electrons. The van der Waals surface area contributed by atoms with Gasteiger partial charge in [0.05, 0.1) is 33.9 Å². The molecule has 3 aromatic rings. The van der Waals surface area contributed by atoms with Gasteiger partial charge in [0, 0.05) is 31.7 Å². The van der Waals surface area contributed by atoms with Gasteiger partial charge in [0.2, 0.25) is 10.0 Å². The van der Waals surface area contributed by atoms with Crippen molar-refractivity contribution in [2.45, 2.75) is 51.7 Å². The number of fused-ring (bicyclic) bond motifs is 1. The quantitative estimate of drug-likeness (QED) is 0.333. The van der Waals surface area contributed by atoms with Gasteiger partial charge in [-0.05, 0) is 76.3 Å². The Bertz CT molecular complexity index is 1360. The summed E-state index contributed by atoms with van der Waals surface area (Å²) >= 11 is 1.44. The molecule has 1 fully saturated rings. The third kappa shape index (κ3) is 6.78. The molecule has 0 aliphatic carbocycles. The van der Waals surface area contributed by atoms with E-state index in [4.69, 9.17) is 14.5 Å². The highest BCUT2D eigenvalue weighted by Crippen LogP contribution is 2.32. The highest BCUT2D eigenvalue weighted by Gasteiger charge is 2.32. The minimum atomic E-state index is -3.70. The summed E-state index contributed by atoms with van der Waals surface area (Å²) in [4.78, 5) is 22.7. The van der Waals surface area contributed by atoms with E-state index >= 15 is 0 Å². The van der Waals surface area contributed by atoms with Crippen LogP contribution in [0.25, 0.3) is 10.2 Å². The third-order valence-electron chi connectivity index (χ3n) is 6.80. The number of ether oxygens (including phenoxy) is 2. The second kappa shape index (κ2) is 12.7. The number of anilines is 1. The fraction of sp³-hybridized carbons (Fsp3) is 0.500. The maximum Gasteiger partial charge on any atom is 0.260 e. The topological polar surface area (TPSA) is 92.3 Å². The van der Waals surface area contributed by atoms with Crippen molar-refractivity contribution in [2.75, 3.05) is 50.8 Å². The average Bonchev–Trinajstić information content (AvgIpc) is 3.33. The van der Waals surface area contributed by atoms with Crippen LogP contribution < -0.4 is 9.64 Å². The van der Waals surface area contributed by atoms with Crippen LogP contribution in [0.4, 0.5) is 5.13 Å². The van der Waals surface area contributed by atoms with Crippen molar-refractivity contribution in [2.24, 2.45) is 0 Å². The van der Waals surface area contributed by atoms with Crippen LogP contribution in [0.15, 0.2) is 47.4 Å². The molecule has 1 saturated heterocycles. The van der Waals surface area contributed by atoms with E-state index in [1.54, 1.807) is 17.0 Å². The number of hydrogen-bond acceptors (Lipinski definition) is 8. The Morgan fingerprint density at radius 2 is 1.72 bits per heavy atom. The van der Waals surface area contributed by atoms with Gasteiger partial charge in [0.1, 0.15) is 5.75 Å². The fourth-order valence-electron chi connectivity index (χ4n) is 4.73. The Morgan fingerprint density at radius 1 is 1.05 bits per heavy atom. The Morgan fingerprint density at radius 3 is 2.33 bits per heavy atom. The molecule has 1 amide bonds. The Hall–Kier alpha value is -2.57. The van der Waals surface area contributed by atoms with Gasteiger partial charge in [0.25, 0.3) is 5.91 Å². The first-order valence-electron chi connectivity index (χ1n) is 13.5. The van der Waals surface area contributed by atoms with Crippen LogP contribution in [0.1, 0.15) is 45.0 Å². The number of carbonyl (C=O) groups excluding carboxylic acids is 1. The van der Waals surface area contributed by atoms with Gasteiger partial charge in [-0.15, -0.1) is 0 Å². The van der Waals surface area contributed by atoms with E-state index in [1.807, 2.05) is 39.0 Å². The second-order valence-electron chi connectivity index (χ2n) is 9.65. The molecule has 0 radical (unpaired) electrons. The lowest BCUT2D eigenvalue weighted by molar-refractivity contribution is -0.0440. The molecule has 2 aromatic carbocycles. The number of carbonyl (C=O) groups is 1. The molecule has 4 rings (SSSR count). The van der Waals surface area contributed by atoms with E-state index in [0.29, 0.717) is 43.5 Å². The second-order valence-corrected chi connectivity index (χ2v) is 12.6. The summed E-state index contributed by atoms with van der Waals surface area (Å²) in [5, 5.41) is 0.601. The van der Waals surface area contributed by atoms with Gasteiger partial charge in [-0.25, -0.2) is 13.4 Å². The number of thiazole rings is 1. The first-order chi connectivity index (χ1) is 18.7. The standard InChI is InChI=1S/C28H38N4O5S2/c1-6-30(7-2)15-16-32(28-29-25-14-11-23(36-8-3)17-26(25)38-28)27(33)22-9-12-24(13-10-22)39(34,35)31-18-20(4)37-21(5)19-31/h9-14,17,20-21H,6-8,15-16,18-19H2,1-5H3. The van der Waals surface area contributed by atoms with E-state index in [2.05, 4.69) is 18.7 Å². The van der Waals surface area contributed by atoms with E-state index < -0.39 is 10.0 Å². The van der Waals surface area contributed by atoms with Gasteiger partial charge in [-0.1, -0.05) is 25.2 Å². The smallest absolute Gasteiger partial charge is 0.260 e. The van der Waals surface area contributed by atoms with Gasteiger partial charge in [0.15, 0.2) is 5.13 Å². The molecule has 1 aliphatic heterocycles. The van der Waals surface area contributed by atoms with Crippen molar-refractivity contribution in [1.29, 1.82) is 0 Å². The Kier molecular flexibility index (Phi) is 9.60. The first-order valence-corrected chi connectivity index (χ1v) is 15.7. The van der Waals surface area contributed by atoms with E-state index in [9.17, 15) is 13.2 Å². The normalized spacial score (nSPS) is 18.5. The summed E-state index contributed by atoms with van der Waals surface area (Å²) in [5.74, 6) is 0.547. The number of nitrogens with zero attached hydrogens (tertiary/aromatic N) is 4. The van der Waals surface area contributed by atoms with Crippen LogP contribution in [0.2, 0.25) is 0 Å². The summed E-state index contributed by atoms with van der Waals surface area (Å²) in [6, 6.07) is 11.9. The number of hydrogen-bond donors (Lipinski definition) is 0. The molecule has 2 atom stereocenters. The average molecular weight is 575 g/mol. The minimum absolute atomic E-state index is 0.165. The zero-order valence-electron chi connectivity index (χ0n) is 23.3. The van der Waals surface area contributed by atoms with Crippen LogP contribution in [0, 0.1) is 0 Å². The Labute approximate surface area is 235 Å². The van der Waals surface area contributed by atoms with Crippen molar-refractivity contribution in [3.05, 3.63) is 48.0 Å². The lowest BCUT2D eigenvalue weighted by Crippen LogP contribution is -2.48. The van der Waals surface area contributed by atoms with Gasteiger partial charge < -0.3 is 14.4 Å². The molecule has 2 unspecified atom stereocenters. The molecular formula is C28H38N4O5S2. The van der Waals surface area contributed by atoms with Crippen LogP contribution in [0.3, 0.4) is 0 Å². The molecular weight excluding hydrogens is 536 g/mol. The van der Waals surface area contributed by atoms with Gasteiger partial charge >= 0.3 is 0 Å². The number of sulfonamides is 1. The number of benzene rings is 2. The molecule has 39 heavy (non-hydrogen) atoms. The van der Waals surface area contributed by atoms with Crippen molar-refractivity contribution in [3.8, 4) is 5.75 Å². The molecule has 0 saturated carbocycles. The predicted octanol–water partition coefficient (Wildman–Crippen LogP) is 4.48. The van der Waals surface area contributed by atoms with E-state index in [-0.39, 0.29) is 23.0 Å². The maximum absolute atomic E-state index is 13.8. The lowest BCUT2D eigenvalue weighted by atomic mass is 10.2. The van der Waals surface area contributed by atoms with Crippen molar-refractivity contribution >= 4 is 42.6 Å². The molecule has 0 bridgehead atoms. The maximum atomic E-state index is 13.8. The van der Waals surface area contributed by atoms with Crippen molar-refractivity contribution in [1.82, 2.24) is 14.2 Å². The number of likely N-dealkylation sites (N-methyl/N-ethyl adjacent to an activating group) is 1. The van der Waals surface area contributed by atoms with E-state index in [0.717, 1.165) is 29.1 Å². The first kappa shape index (κ1) is 29.4. The number of rotatable bonds is 11. The summed E-state index contributed by atoms with van der Waals surface area (Å²) in [6.45, 7) is 13.9. The largest absolute Gasteiger partial charge is 0.494 e. The predicted molar refractivity (Wildman–Crippen MR) is 155 cm³/mol.